The summed E-state index contributed by atoms with van der Waals surface area (Å²) >= 11 is 5.89. The molecule has 0 spiro atoms. The number of benzene rings is 1. The number of carboxylic acids is 1. The molecule has 0 amide bonds. The molecule has 1 atom stereocenters. The van der Waals surface area contributed by atoms with Crippen molar-refractivity contribution in [3.05, 3.63) is 34.6 Å². The Labute approximate surface area is 98.0 Å². The van der Waals surface area contributed by atoms with Crippen LogP contribution in [0.15, 0.2) is 18.2 Å². The lowest BCUT2D eigenvalue weighted by Crippen LogP contribution is -2.34. The van der Waals surface area contributed by atoms with E-state index in [2.05, 4.69) is 0 Å². The lowest BCUT2D eigenvalue weighted by Gasteiger charge is -2.27. The standard InChI is InChI=1S/C11H13ClFNO2/c1-11(6-14,5-10(15)16)8-3-2-7(13)4-9(8)12/h2-4H,5-6,14H2,1H3,(H,15,16). The van der Waals surface area contributed by atoms with Crippen LogP contribution in [0.25, 0.3) is 0 Å². The maximum Gasteiger partial charge on any atom is 0.304 e. The quantitative estimate of drug-likeness (QED) is 0.855. The Bertz CT molecular complexity index is 411. The van der Waals surface area contributed by atoms with Gasteiger partial charge in [-0.05, 0) is 17.7 Å². The number of hydrogen-bond donors (Lipinski definition) is 2. The smallest absolute Gasteiger partial charge is 0.304 e. The molecule has 0 heterocycles. The second kappa shape index (κ2) is 4.80. The minimum Gasteiger partial charge on any atom is -0.481 e. The topological polar surface area (TPSA) is 63.3 Å². The Morgan fingerprint density at radius 3 is 2.69 bits per heavy atom. The summed E-state index contributed by atoms with van der Waals surface area (Å²) in [6, 6.07) is 3.89. The Morgan fingerprint density at radius 2 is 2.25 bits per heavy atom. The van der Waals surface area contributed by atoms with E-state index in [0.29, 0.717) is 5.56 Å². The van der Waals surface area contributed by atoms with Crippen LogP contribution in [-0.4, -0.2) is 17.6 Å². The van der Waals surface area contributed by atoms with Gasteiger partial charge in [0.05, 0.1) is 6.42 Å². The Hall–Kier alpha value is -1.13. The summed E-state index contributed by atoms with van der Waals surface area (Å²) in [5.41, 5.74) is 5.35. The summed E-state index contributed by atoms with van der Waals surface area (Å²) in [6.07, 6.45) is -0.144. The first-order valence-electron chi connectivity index (χ1n) is 4.76. The monoisotopic (exact) mass is 245 g/mol. The summed E-state index contributed by atoms with van der Waals surface area (Å²) in [6.45, 7) is 1.82. The molecule has 3 nitrogen and oxygen atoms in total. The van der Waals surface area contributed by atoms with Gasteiger partial charge in [0.25, 0.3) is 0 Å². The van der Waals surface area contributed by atoms with Crippen molar-refractivity contribution in [3.8, 4) is 0 Å². The SMILES string of the molecule is CC(CN)(CC(=O)O)c1ccc(F)cc1Cl. The number of halogens is 2. The van der Waals surface area contributed by atoms with E-state index in [4.69, 9.17) is 22.4 Å². The molecule has 0 aromatic heterocycles. The van der Waals surface area contributed by atoms with Crippen LogP contribution in [0.4, 0.5) is 4.39 Å². The Balaban J connectivity index is 3.17. The van der Waals surface area contributed by atoms with E-state index >= 15 is 0 Å². The fraction of sp³-hybridized carbons (Fsp3) is 0.364. The molecule has 0 aliphatic heterocycles. The molecule has 1 aromatic rings. The number of carboxylic acid groups (broad SMARTS) is 1. The summed E-state index contributed by atoms with van der Waals surface area (Å²) < 4.78 is 12.9. The molecule has 16 heavy (non-hydrogen) atoms. The third-order valence-corrected chi connectivity index (χ3v) is 2.89. The van der Waals surface area contributed by atoms with E-state index in [-0.39, 0.29) is 18.0 Å². The van der Waals surface area contributed by atoms with Gasteiger partial charge in [-0.25, -0.2) is 4.39 Å². The normalized spacial score (nSPS) is 14.5. The highest BCUT2D eigenvalue weighted by atomic mass is 35.5. The third-order valence-electron chi connectivity index (χ3n) is 2.57. The molecule has 0 saturated heterocycles. The fourth-order valence-corrected chi connectivity index (χ4v) is 1.99. The lowest BCUT2D eigenvalue weighted by molar-refractivity contribution is -0.138. The maximum atomic E-state index is 12.9. The molecule has 0 bridgehead atoms. The van der Waals surface area contributed by atoms with Crippen molar-refractivity contribution in [2.45, 2.75) is 18.8 Å². The second-order valence-electron chi connectivity index (χ2n) is 3.96. The van der Waals surface area contributed by atoms with Crippen LogP contribution < -0.4 is 5.73 Å². The number of aliphatic carboxylic acids is 1. The van der Waals surface area contributed by atoms with Crippen LogP contribution in [0.1, 0.15) is 18.9 Å². The van der Waals surface area contributed by atoms with Crippen molar-refractivity contribution in [1.29, 1.82) is 0 Å². The average Bonchev–Trinajstić information content (AvgIpc) is 2.16. The lowest BCUT2D eigenvalue weighted by atomic mass is 9.79. The molecule has 0 saturated carbocycles. The van der Waals surface area contributed by atoms with E-state index in [1.54, 1.807) is 6.92 Å². The summed E-state index contributed by atoms with van der Waals surface area (Å²) in [5.74, 6) is -1.42. The predicted octanol–water partition coefficient (Wildman–Crippen LogP) is 2.17. The molecule has 3 N–H and O–H groups in total. The summed E-state index contributed by atoms with van der Waals surface area (Å²) in [4.78, 5) is 10.8. The molecule has 5 heteroatoms. The highest BCUT2D eigenvalue weighted by Crippen LogP contribution is 2.32. The van der Waals surface area contributed by atoms with Crippen LogP contribution >= 0.6 is 11.6 Å². The zero-order valence-corrected chi connectivity index (χ0v) is 9.59. The first-order chi connectivity index (χ1) is 7.39. The molecule has 1 rings (SSSR count). The van der Waals surface area contributed by atoms with Gasteiger partial charge < -0.3 is 10.8 Å². The third kappa shape index (κ3) is 2.71. The highest BCUT2D eigenvalue weighted by molar-refractivity contribution is 6.31. The molecule has 0 aliphatic rings. The summed E-state index contributed by atoms with van der Waals surface area (Å²) in [5, 5.41) is 9.02. The van der Waals surface area contributed by atoms with Gasteiger partial charge in [-0.15, -0.1) is 0 Å². The largest absolute Gasteiger partial charge is 0.481 e. The Kier molecular flexibility index (Phi) is 3.88. The fourth-order valence-electron chi connectivity index (χ4n) is 1.59. The number of nitrogens with two attached hydrogens (primary N) is 1. The van der Waals surface area contributed by atoms with Crippen LogP contribution in [0.3, 0.4) is 0 Å². The van der Waals surface area contributed by atoms with Gasteiger partial charge in [0, 0.05) is 17.0 Å². The van der Waals surface area contributed by atoms with Crippen LogP contribution in [0.5, 0.6) is 0 Å². The van der Waals surface area contributed by atoms with Crippen molar-refractivity contribution in [1.82, 2.24) is 0 Å². The maximum absolute atomic E-state index is 12.9. The first-order valence-corrected chi connectivity index (χ1v) is 5.14. The molecule has 88 valence electrons. The number of hydrogen-bond acceptors (Lipinski definition) is 2. The highest BCUT2D eigenvalue weighted by Gasteiger charge is 2.30. The van der Waals surface area contributed by atoms with E-state index in [1.807, 2.05) is 0 Å². The minimum atomic E-state index is -0.964. The van der Waals surface area contributed by atoms with Gasteiger partial charge in [0.2, 0.25) is 0 Å². The molecular weight excluding hydrogens is 233 g/mol. The molecule has 0 aliphatic carbocycles. The van der Waals surface area contributed by atoms with Crippen molar-refractivity contribution < 1.29 is 14.3 Å². The minimum absolute atomic E-state index is 0.130. The predicted molar refractivity (Wildman–Crippen MR) is 60.1 cm³/mol. The molecule has 1 unspecified atom stereocenters. The zero-order chi connectivity index (χ0) is 12.3. The molecule has 0 radical (unpaired) electrons. The second-order valence-corrected chi connectivity index (χ2v) is 4.37. The Morgan fingerprint density at radius 1 is 1.62 bits per heavy atom. The van der Waals surface area contributed by atoms with E-state index < -0.39 is 17.2 Å². The molecule has 1 aromatic carbocycles. The van der Waals surface area contributed by atoms with Crippen molar-refractivity contribution >= 4 is 17.6 Å². The van der Waals surface area contributed by atoms with Crippen LogP contribution in [0.2, 0.25) is 5.02 Å². The van der Waals surface area contributed by atoms with Gasteiger partial charge in [0.15, 0.2) is 0 Å². The van der Waals surface area contributed by atoms with Crippen molar-refractivity contribution in [2.75, 3.05) is 6.54 Å². The van der Waals surface area contributed by atoms with Crippen molar-refractivity contribution in [3.63, 3.8) is 0 Å². The van der Waals surface area contributed by atoms with Crippen LogP contribution in [-0.2, 0) is 10.2 Å². The van der Waals surface area contributed by atoms with Crippen molar-refractivity contribution in [2.24, 2.45) is 5.73 Å². The van der Waals surface area contributed by atoms with Gasteiger partial charge in [-0.1, -0.05) is 24.6 Å². The zero-order valence-electron chi connectivity index (χ0n) is 8.84. The van der Waals surface area contributed by atoms with Crippen LogP contribution in [0, 0.1) is 5.82 Å². The summed E-state index contributed by atoms with van der Waals surface area (Å²) in [7, 11) is 0. The van der Waals surface area contributed by atoms with E-state index in [1.165, 1.54) is 12.1 Å². The van der Waals surface area contributed by atoms with E-state index in [0.717, 1.165) is 6.07 Å². The number of carbonyl (C=O) groups is 1. The van der Waals surface area contributed by atoms with Gasteiger partial charge in [-0.3, -0.25) is 4.79 Å². The van der Waals surface area contributed by atoms with E-state index in [9.17, 15) is 9.18 Å². The number of rotatable bonds is 4. The van der Waals surface area contributed by atoms with Gasteiger partial charge >= 0.3 is 5.97 Å². The first kappa shape index (κ1) is 12.9. The average molecular weight is 246 g/mol. The van der Waals surface area contributed by atoms with Gasteiger partial charge in [-0.2, -0.15) is 0 Å². The molecule has 0 fully saturated rings. The molecular formula is C11H13ClFNO2. The van der Waals surface area contributed by atoms with Gasteiger partial charge in [0.1, 0.15) is 5.82 Å².